The summed E-state index contributed by atoms with van der Waals surface area (Å²) in [6.07, 6.45) is 0.800. The van der Waals surface area contributed by atoms with E-state index in [1.54, 1.807) is 4.90 Å². The van der Waals surface area contributed by atoms with Crippen LogP contribution in [-0.4, -0.2) is 54.2 Å². The lowest BCUT2D eigenvalue weighted by molar-refractivity contribution is 0.0146. The molecule has 0 aromatic heterocycles. The van der Waals surface area contributed by atoms with Crippen molar-refractivity contribution in [3.63, 3.8) is 0 Å². The van der Waals surface area contributed by atoms with Crippen LogP contribution in [0.5, 0.6) is 0 Å². The molecule has 0 N–H and O–H groups in total. The first kappa shape index (κ1) is 17.1. The van der Waals surface area contributed by atoms with Gasteiger partial charge in [0.15, 0.2) is 0 Å². The molecule has 1 heterocycles. The fraction of sp³-hybridized carbons (Fsp3) is 0.588. The van der Waals surface area contributed by atoms with E-state index in [1.165, 1.54) is 5.56 Å². The molecule has 0 saturated carbocycles. The van der Waals surface area contributed by atoms with E-state index in [0.717, 1.165) is 44.2 Å². The van der Waals surface area contributed by atoms with Gasteiger partial charge in [0.25, 0.3) is 0 Å². The largest absolute Gasteiger partial charge is 0.444 e. The molecule has 1 aliphatic rings. The maximum atomic E-state index is 12.0. The predicted molar refractivity (Wildman–Crippen MR) is 89.4 cm³/mol. The van der Waals surface area contributed by atoms with Crippen LogP contribution in [0.15, 0.2) is 24.3 Å². The predicted octanol–water partition coefficient (Wildman–Crippen LogP) is 3.44. The zero-order valence-electron chi connectivity index (χ0n) is 13.6. The molecule has 0 aliphatic carbocycles. The van der Waals surface area contributed by atoms with E-state index in [0.29, 0.717) is 0 Å². The lowest BCUT2D eigenvalue weighted by Gasteiger charge is -2.35. The number of ether oxygens (including phenoxy) is 1. The summed E-state index contributed by atoms with van der Waals surface area (Å²) in [5.74, 6) is 0. The van der Waals surface area contributed by atoms with Gasteiger partial charge in [0, 0.05) is 37.7 Å². The van der Waals surface area contributed by atoms with Crippen molar-refractivity contribution < 1.29 is 9.53 Å². The summed E-state index contributed by atoms with van der Waals surface area (Å²) in [4.78, 5) is 16.2. The smallest absolute Gasteiger partial charge is 0.410 e. The van der Waals surface area contributed by atoms with Gasteiger partial charge < -0.3 is 9.64 Å². The zero-order valence-corrected chi connectivity index (χ0v) is 14.4. The van der Waals surface area contributed by atoms with Crippen LogP contribution in [0.2, 0.25) is 5.02 Å². The normalized spacial score (nSPS) is 16.6. The Kier molecular flexibility index (Phi) is 5.70. The number of nitrogens with zero attached hydrogens (tertiary/aromatic N) is 2. The van der Waals surface area contributed by atoms with E-state index in [1.807, 2.05) is 32.9 Å². The fourth-order valence-corrected chi connectivity index (χ4v) is 2.54. The van der Waals surface area contributed by atoms with Gasteiger partial charge in [0.05, 0.1) is 0 Å². The highest BCUT2D eigenvalue weighted by Gasteiger charge is 2.25. The van der Waals surface area contributed by atoms with Crippen molar-refractivity contribution in [1.29, 1.82) is 0 Å². The second kappa shape index (κ2) is 7.34. The van der Waals surface area contributed by atoms with Crippen LogP contribution in [0.25, 0.3) is 0 Å². The Morgan fingerprint density at radius 2 is 1.73 bits per heavy atom. The van der Waals surface area contributed by atoms with Gasteiger partial charge in [0.1, 0.15) is 5.60 Å². The van der Waals surface area contributed by atoms with E-state index in [2.05, 4.69) is 17.0 Å². The Hall–Kier alpha value is -1.26. The van der Waals surface area contributed by atoms with Gasteiger partial charge >= 0.3 is 6.09 Å². The number of piperazine rings is 1. The monoisotopic (exact) mass is 324 g/mol. The van der Waals surface area contributed by atoms with Gasteiger partial charge in [-0.2, -0.15) is 0 Å². The van der Waals surface area contributed by atoms with Crippen LogP contribution in [0, 0.1) is 0 Å². The molecule has 1 saturated heterocycles. The highest BCUT2D eigenvalue weighted by molar-refractivity contribution is 6.30. The standard InChI is InChI=1S/C17H25ClN2O2/c1-17(2,3)22-16(21)20-12-10-19(11-13-20)9-8-14-4-6-15(18)7-5-14/h4-7H,8-13H2,1-3H3. The van der Waals surface area contributed by atoms with E-state index < -0.39 is 5.60 Å². The summed E-state index contributed by atoms with van der Waals surface area (Å²) in [5.41, 5.74) is 0.863. The van der Waals surface area contributed by atoms with Gasteiger partial charge in [-0.15, -0.1) is 0 Å². The van der Waals surface area contributed by atoms with E-state index >= 15 is 0 Å². The highest BCUT2D eigenvalue weighted by Crippen LogP contribution is 2.13. The highest BCUT2D eigenvalue weighted by atomic mass is 35.5. The number of hydrogen-bond donors (Lipinski definition) is 0. The van der Waals surface area contributed by atoms with Gasteiger partial charge in [-0.3, -0.25) is 4.90 Å². The maximum Gasteiger partial charge on any atom is 0.410 e. The number of rotatable bonds is 3. The summed E-state index contributed by atoms with van der Waals surface area (Å²) in [6.45, 7) is 9.95. The van der Waals surface area contributed by atoms with Crippen LogP contribution >= 0.6 is 11.6 Å². The summed E-state index contributed by atoms with van der Waals surface area (Å²) >= 11 is 5.89. The number of carbonyl (C=O) groups excluding carboxylic acids is 1. The molecule has 22 heavy (non-hydrogen) atoms. The third-order valence-electron chi connectivity index (χ3n) is 3.65. The Morgan fingerprint density at radius 3 is 2.27 bits per heavy atom. The minimum absolute atomic E-state index is 0.204. The first-order valence-electron chi connectivity index (χ1n) is 7.78. The Labute approximate surface area is 138 Å². The Balaban J connectivity index is 1.73. The lowest BCUT2D eigenvalue weighted by Crippen LogP contribution is -2.50. The lowest BCUT2D eigenvalue weighted by atomic mass is 10.1. The van der Waals surface area contributed by atoms with E-state index in [-0.39, 0.29) is 6.09 Å². The molecule has 0 radical (unpaired) electrons. The van der Waals surface area contributed by atoms with Gasteiger partial charge in [0.2, 0.25) is 0 Å². The number of carbonyl (C=O) groups is 1. The first-order valence-corrected chi connectivity index (χ1v) is 8.16. The Bertz CT molecular complexity index is 488. The molecule has 1 amide bonds. The summed E-state index contributed by atoms with van der Waals surface area (Å²) < 4.78 is 5.41. The quantitative estimate of drug-likeness (QED) is 0.854. The zero-order chi connectivity index (χ0) is 16.2. The molecule has 122 valence electrons. The van der Waals surface area contributed by atoms with Crippen molar-refractivity contribution in [2.75, 3.05) is 32.7 Å². The summed E-state index contributed by atoms with van der Waals surface area (Å²) in [7, 11) is 0. The van der Waals surface area contributed by atoms with Crippen LogP contribution < -0.4 is 0 Å². The van der Waals surface area contributed by atoms with Gasteiger partial charge in [-0.1, -0.05) is 23.7 Å². The summed E-state index contributed by atoms with van der Waals surface area (Å²) in [6, 6.07) is 7.99. The first-order chi connectivity index (χ1) is 10.3. The molecule has 1 aliphatic heterocycles. The third-order valence-corrected chi connectivity index (χ3v) is 3.91. The Morgan fingerprint density at radius 1 is 1.14 bits per heavy atom. The third kappa shape index (κ3) is 5.50. The molecule has 0 bridgehead atoms. The van der Waals surface area contributed by atoms with Gasteiger partial charge in [-0.05, 0) is 44.9 Å². The molecule has 0 atom stereocenters. The van der Waals surface area contributed by atoms with Crippen molar-refractivity contribution in [2.45, 2.75) is 32.8 Å². The van der Waals surface area contributed by atoms with Gasteiger partial charge in [-0.25, -0.2) is 4.79 Å². The molecule has 2 rings (SSSR count). The van der Waals surface area contributed by atoms with Crippen LogP contribution in [0.3, 0.4) is 0 Å². The second-order valence-electron chi connectivity index (χ2n) is 6.69. The van der Waals surface area contributed by atoms with Crippen molar-refractivity contribution in [2.24, 2.45) is 0 Å². The number of hydrogen-bond acceptors (Lipinski definition) is 3. The minimum Gasteiger partial charge on any atom is -0.444 e. The molecule has 0 unspecified atom stereocenters. The molecule has 4 nitrogen and oxygen atoms in total. The molecule has 1 aromatic carbocycles. The average Bonchev–Trinajstić information content (AvgIpc) is 2.45. The molecule has 1 aromatic rings. The molecular weight excluding hydrogens is 300 g/mol. The number of amides is 1. The second-order valence-corrected chi connectivity index (χ2v) is 7.12. The van der Waals surface area contributed by atoms with Crippen LogP contribution in [-0.2, 0) is 11.2 Å². The number of halogens is 1. The minimum atomic E-state index is -0.428. The summed E-state index contributed by atoms with van der Waals surface area (Å²) in [5, 5.41) is 0.773. The van der Waals surface area contributed by atoms with Crippen molar-refractivity contribution >= 4 is 17.7 Å². The van der Waals surface area contributed by atoms with Crippen molar-refractivity contribution in [3.05, 3.63) is 34.9 Å². The maximum absolute atomic E-state index is 12.0. The number of benzene rings is 1. The van der Waals surface area contributed by atoms with E-state index in [4.69, 9.17) is 16.3 Å². The van der Waals surface area contributed by atoms with Crippen LogP contribution in [0.4, 0.5) is 4.79 Å². The fourth-order valence-electron chi connectivity index (χ4n) is 2.42. The topological polar surface area (TPSA) is 32.8 Å². The van der Waals surface area contributed by atoms with Crippen LogP contribution in [0.1, 0.15) is 26.3 Å². The SMILES string of the molecule is CC(C)(C)OC(=O)N1CCN(CCc2ccc(Cl)cc2)CC1. The molecule has 1 fully saturated rings. The van der Waals surface area contributed by atoms with E-state index in [9.17, 15) is 4.79 Å². The molecule has 5 heteroatoms. The van der Waals surface area contributed by atoms with Crippen molar-refractivity contribution in [1.82, 2.24) is 9.80 Å². The molecular formula is C17H25ClN2O2. The average molecular weight is 325 g/mol. The van der Waals surface area contributed by atoms with Crippen molar-refractivity contribution in [3.8, 4) is 0 Å². The molecule has 0 spiro atoms.